The van der Waals surface area contributed by atoms with E-state index >= 15 is 0 Å². The van der Waals surface area contributed by atoms with Gasteiger partial charge in [0.05, 0.1) is 26.7 Å². The number of carbonyl (C=O) groups is 2. The van der Waals surface area contributed by atoms with Gasteiger partial charge in [-0.1, -0.05) is 19.1 Å². The molecule has 2 N–H and O–H groups in total. The topological polar surface area (TPSA) is 89.1 Å². The van der Waals surface area contributed by atoms with Crippen molar-refractivity contribution in [2.24, 2.45) is 0 Å². The highest BCUT2D eigenvalue weighted by Crippen LogP contribution is 2.30. The van der Waals surface area contributed by atoms with Gasteiger partial charge in [-0.05, 0) is 42.9 Å². The zero-order valence-corrected chi connectivity index (χ0v) is 17.2. The fraction of sp³-hybridized carbons (Fsp3) is 0.364. The molecule has 1 atom stereocenters. The second-order valence-electron chi connectivity index (χ2n) is 6.88. The van der Waals surface area contributed by atoms with E-state index in [1.807, 2.05) is 31.2 Å². The molecule has 0 unspecified atom stereocenters. The molecule has 160 valence electrons. The molecule has 1 aliphatic heterocycles. The lowest BCUT2D eigenvalue weighted by Gasteiger charge is -2.27. The van der Waals surface area contributed by atoms with Gasteiger partial charge in [0.2, 0.25) is 11.8 Å². The van der Waals surface area contributed by atoms with Crippen LogP contribution in [0.1, 0.15) is 6.92 Å². The molecule has 1 aliphatic rings. The predicted octanol–water partition coefficient (Wildman–Crippen LogP) is 1.91. The molecule has 0 radical (unpaired) electrons. The minimum Gasteiger partial charge on any atom is -0.497 e. The highest BCUT2D eigenvalue weighted by Gasteiger charge is 2.21. The first kappa shape index (κ1) is 21.4. The zero-order chi connectivity index (χ0) is 21.3. The van der Waals surface area contributed by atoms with Crippen LogP contribution in [0.15, 0.2) is 48.5 Å². The lowest BCUT2D eigenvalue weighted by Crippen LogP contribution is -2.45. The van der Waals surface area contributed by atoms with Gasteiger partial charge in [-0.15, -0.1) is 0 Å². The molecule has 3 rings (SSSR count). The number of fused-ring (bicyclic) bond motifs is 1. The minimum atomic E-state index is -0.253. The monoisotopic (exact) mass is 413 g/mol. The van der Waals surface area contributed by atoms with E-state index in [2.05, 4.69) is 10.6 Å². The summed E-state index contributed by atoms with van der Waals surface area (Å²) < 4.78 is 16.6. The van der Waals surface area contributed by atoms with Gasteiger partial charge in [0.15, 0.2) is 11.5 Å². The number of nitrogens with zero attached hydrogens (tertiary/aromatic N) is 1. The Labute approximate surface area is 176 Å². The van der Waals surface area contributed by atoms with Crippen molar-refractivity contribution in [3.63, 3.8) is 0 Å². The molecule has 0 saturated carbocycles. The Balaban J connectivity index is 1.41. The van der Waals surface area contributed by atoms with Crippen molar-refractivity contribution in [1.82, 2.24) is 10.2 Å². The molecule has 1 heterocycles. The Morgan fingerprint density at radius 2 is 1.77 bits per heavy atom. The van der Waals surface area contributed by atoms with Crippen LogP contribution < -0.4 is 24.8 Å². The number of para-hydroxylation sites is 2. The average molecular weight is 413 g/mol. The first-order valence-corrected chi connectivity index (χ1v) is 9.88. The molecule has 0 spiro atoms. The predicted molar refractivity (Wildman–Crippen MR) is 113 cm³/mol. The molecule has 8 heteroatoms. The number of amides is 2. The van der Waals surface area contributed by atoms with Crippen LogP contribution in [0.25, 0.3) is 0 Å². The number of methoxy groups -OCH3 is 1. The normalized spacial score (nSPS) is 14.8. The number of anilines is 1. The zero-order valence-electron chi connectivity index (χ0n) is 17.2. The summed E-state index contributed by atoms with van der Waals surface area (Å²) in [4.78, 5) is 26.4. The van der Waals surface area contributed by atoms with Crippen molar-refractivity contribution in [3.05, 3.63) is 48.5 Å². The molecule has 2 amide bonds. The number of carbonyl (C=O) groups excluding carboxylic acids is 2. The van der Waals surface area contributed by atoms with Crippen LogP contribution in [0.4, 0.5) is 5.69 Å². The van der Waals surface area contributed by atoms with Crippen molar-refractivity contribution in [1.29, 1.82) is 0 Å². The van der Waals surface area contributed by atoms with Gasteiger partial charge in [-0.2, -0.15) is 0 Å². The summed E-state index contributed by atoms with van der Waals surface area (Å²) in [6.45, 7) is 3.42. The number of ether oxygens (including phenoxy) is 3. The molecular weight excluding hydrogens is 386 g/mol. The molecule has 0 bridgehead atoms. The lowest BCUT2D eigenvalue weighted by atomic mass is 10.2. The Kier molecular flexibility index (Phi) is 7.51. The molecule has 30 heavy (non-hydrogen) atoms. The largest absolute Gasteiger partial charge is 0.497 e. The maximum atomic E-state index is 12.3. The van der Waals surface area contributed by atoms with Gasteiger partial charge in [-0.25, -0.2) is 0 Å². The highest BCUT2D eigenvalue weighted by molar-refractivity contribution is 5.92. The van der Waals surface area contributed by atoms with E-state index in [9.17, 15) is 9.59 Å². The third-order valence-corrected chi connectivity index (χ3v) is 4.65. The number of hydrogen-bond donors (Lipinski definition) is 2. The third-order valence-electron chi connectivity index (χ3n) is 4.65. The highest BCUT2D eigenvalue weighted by atomic mass is 16.6. The van der Waals surface area contributed by atoms with Gasteiger partial charge >= 0.3 is 0 Å². The number of nitrogens with one attached hydrogen (secondary N) is 2. The molecule has 8 nitrogen and oxygen atoms in total. The van der Waals surface area contributed by atoms with Gasteiger partial charge in [-0.3, -0.25) is 14.5 Å². The van der Waals surface area contributed by atoms with E-state index in [-0.39, 0.29) is 31.0 Å². The number of rotatable bonds is 9. The van der Waals surface area contributed by atoms with Crippen LogP contribution in [-0.2, 0) is 9.59 Å². The minimum absolute atomic E-state index is 0.117. The Bertz CT molecular complexity index is 856. The maximum absolute atomic E-state index is 12.3. The number of likely N-dealkylation sites (N-methyl/N-ethyl adjacent to an activating group) is 1. The third kappa shape index (κ3) is 6.12. The second kappa shape index (κ2) is 10.5. The summed E-state index contributed by atoms with van der Waals surface area (Å²) in [5.74, 6) is 1.75. The second-order valence-corrected chi connectivity index (χ2v) is 6.88. The first-order valence-electron chi connectivity index (χ1n) is 9.88. The lowest BCUT2D eigenvalue weighted by molar-refractivity contribution is -0.123. The summed E-state index contributed by atoms with van der Waals surface area (Å²) in [6, 6.07) is 14.5. The van der Waals surface area contributed by atoms with Gasteiger partial charge in [0, 0.05) is 5.69 Å². The summed E-state index contributed by atoms with van der Waals surface area (Å²) in [5.41, 5.74) is 0.677. The summed E-state index contributed by atoms with van der Waals surface area (Å²) >= 11 is 0. The van der Waals surface area contributed by atoms with E-state index in [1.165, 1.54) is 0 Å². The summed E-state index contributed by atoms with van der Waals surface area (Å²) in [5, 5.41) is 5.67. The van der Waals surface area contributed by atoms with Crippen molar-refractivity contribution < 1.29 is 23.8 Å². The van der Waals surface area contributed by atoms with Crippen molar-refractivity contribution in [2.75, 3.05) is 45.2 Å². The molecular formula is C22H27N3O5. The first-order chi connectivity index (χ1) is 14.6. The molecule has 2 aromatic carbocycles. The number of benzene rings is 2. The van der Waals surface area contributed by atoms with Crippen molar-refractivity contribution in [3.8, 4) is 17.2 Å². The van der Waals surface area contributed by atoms with Crippen LogP contribution >= 0.6 is 0 Å². The Morgan fingerprint density at radius 3 is 2.47 bits per heavy atom. The SMILES string of the molecule is CCN(CC(=O)NC[C@H]1COc2ccccc2O1)CC(=O)Nc1ccc(OC)cc1. The van der Waals surface area contributed by atoms with E-state index in [1.54, 1.807) is 36.3 Å². The van der Waals surface area contributed by atoms with Crippen LogP contribution in [0, 0.1) is 0 Å². The standard InChI is InChI=1S/C22H27N3O5/c1-3-25(14-22(27)24-16-8-10-17(28-2)11-9-16)13-21(26)23-12-18-15-29-19-6-4-5-7-20(19)30-18/h4-11,18H,3,12-15H2,1-2H3,(H,23,26)(H,24,27)/t18-/m0/s1. The maximum Gasteiger partial charge on any atom is 0.238 e. The van der Waals surface area contributed by atoms with E-state index in [4.69, 9.17) is 14.2 Å². The molecule has 0 aliphatic carbocycles. The average Bonchev–Trinajstić information content (AvgIpc) is 2.77. The fourth-order valence-electron chi connectivity index (χ4n) is 3.01. The Hall–Kier alpha value is -3.26. The van der Waals surface area contributed by atoms with Crippen molar-refractivity contribution >= 4 is 17.5 Å². The van der Waals surface area contributed by atoms with Gasteiger partial charge in [0.1, 0.15) is 18.5 Å². The quantitative estimate of drug-likeness (QED) is 0.653. The molecule has 0 saturated heterocycles. The van der Waals surface area contributed by atoms with E-state index in [0.717, 1.165) is 5.75 Å². The van der Waals surface area contributed by atoms with Gasteiger partial charge in [0.25, 0.3) is 0 Å². The smallest absolute Gasteiger partial charge is 0.238 e. The fourth-order valence-corrected chi connectivity index (χ4v) is 3.01. The van der Waals surface area contributed by atoms with E-state index < -0.39 is 0 Å². The summed E-state index contributed by atoms with van der Waals surface area (Å²) in [7, 11) is 1.59. The molecule has 2 aromatic rings. The van der Waals surface area contributed by atoms with Crippen LogP contribution in [0.2, 0.25) is 0 Å². The molecule has 0 fully saturated rings. The van der Waals surface area contributed by atoms with Gasteiger partial charge < -0.3 is 24.8 Å². The Morgan fingerprint density at radius 1 is 1.07 bits per heavy atom. The summed E-state index contributed by atoms with van der Waals surface area (Å²) in [6.07, 6.45) is -0.253. The van der Waals surface area contributed by atoms with Crippen LogP contribution in [0.3, 0.4) is 0 Å². The molecule has 0 aromatic heterocycles. The number of hydrogen-bond acceptors (Lipinski definition) is 6. The van der Waals surface area contributed by atoms with Crippen LogP contribution in [-0.4, -0.2) is 62.7 Å². The van der Waals surface area contributed by atoms with Crippen molar-refractivity contribution in [2.45, 2.75) is 13.0 Å². The van der Waals surface area contributed by atoms with E-state index in [0.29, 0.717) is 36.9 Å². The van der Waals surface area contributed by atoms with Crippen LogP contribution in [0.5, 0.6) is 17.2 Å².